The van der Waals surface area contributed by atoms with Gasteiger partial charge in [0.1, 0.15) is 0 Å². The first-order chi connectivity index (χ1) is 10.7. The Balaban J connectivity index is 2.14. The molecular weight excluding hydrogens is 296 g/mol. The van der Waals surface area contributed by atoms with Gasteiger partial charge in [-0.3, -0.25) is 0 Å². The van der Waals surface area contributed by atoms with E-state index >= 15 is 0 Å². The molecule has 0 saturated carbocycles. The predicted octanol–water partition coefficient (Wildman–Crippen LogP) is 4.90. The topological polar surface area (TPSA) is 39.4 Å². The fourth-order valence-electron chi connectivity index (χ4n) is 1.85. The smallest absolute Gasteiger partial charge is 0.374 e. The second-order valence-electron chi connectivity index (χ2n) is 4.40. The molecule has 0 saturated heterocycles. The molecule has 0 aliphatic carbocycles. The van der Waals surface area contributed by atoms with E-state index in [4.69, 9.17) is 9.15 Å². The first-order valence-electron chi connectivity index (χ1n) is 6.99. The fraction of sp³-hybridized carbons (Fsp3) is 0.167. The molecule has 0 N–H and O–H groups in total. The highest BCUT2D eigenvalue weighted by molar-refractivity contribution is 7.98. The number of rotatable bonds is 6. The monoisotopic (exact) mass is 314 g/mol. The van der Waals surface area contributed by atoms with E-state index in [1.807, 2.05) is 67.0 Å². The quantitative estimate of drug-likeness (QED) is 0.432. The van der Waals surface area contributed by atoms with Crippen LogP contribution in [0.25, 0.3) is 12.2 Å². The van der Waals surface area contributed by atoms with Gasteiger partial charge in [0, 0.05) is 5.56 Å². The number of hydrogen-bond acceptors (Lipinski definition) is 4. The maximum Gasteiger partial charge on any atom is 0.374 e. The first-order valence-corrected chi connectivity index (χ1v) is 8.21. The van der Waals surface area contributed by atoms with Crippen LogP contribution in [-0.4, -0.2) is 18.8 Å². The zero-order valence-corrected chi connectivity index (χ0v) is 13.4. The maximum atomic E-state index is 11.9. The summed E-state index contributed by atoms with van der Waals surface area (Å²) < 4.78 is 10.5. The molecule has 4 heteroatoms. The third-order valence-corrected chi connectivity index (χ3v) is 3.48. The molecule has 1 aromatic carbocycles. The van der Waals surface area contributed by atoms with Gasteiger partial charge in [-0.15, -0.1) is 0 Å². The van der Waals surface area contributed by atoms with Crippen LogP contribution in [0, 0.1) is 0 Å². The van der Waals surface area contributed by atoms with E-state index in [2.05, 4.69) is 0 Å². The van der Waals surface area contributed by atoms with Gasteiger partial charge in [0.15, 0.2) is 5.09 Å². The van der Waals surface area contributed by atoms with Crippen LogP contribution in [0.4, 0.5) is 0 Å². The number of carbonyl (C=O) groups excluding carboxylic acids is 1. The summed E-state index contributed by atoms with van der Waals surface area (Å²) in [5, 5.41) is 0.690. The van der Waals surface area contributed by atoms with Crippen LogP contribution >= 0.6 is 11.8 Å². The van der Waals surface area contributed by atoms with Crippen molar-refractivity contribution in [3.63, 3.8) is 0 Å². The van der Waals surface area contributed by atoms with Gasteiger partial charge in [0.2, 0.25) is 5.76 Å². The summed E-state index contributed by atoms with van der Waals surface area (Å²) in [5.41, 5.74) is 1.84. The number of hydrogen-bond donors (Lipinski definition) is 0. The predicted molar refractivity (Wildman–Crippen MR) is 91.0 cm³/mol. The molecule has 0 atom stereocenters. The van der Waals surface area contributed by atoms with Crippen LogP contribution in [0.3, 0.4) is 0 Å². The van der Waals surface area contributed by atoms with Gasteiger partial charge >= 0.3 is 5.97 Å². The van der Waals surface area contributed by atoms with Gasteiger partial charge in [-0.05, 0) is 24.8 Å². The number of allylic oxidation sites excluding steroid dienone is 2. The summed E-state index contributed by atoms with van der Waals surface area (Å²) in [5.74, 6) is -0.190. The van der Waals surface area contributed by atoms with Gasteiger partial charge in [0.05, 0.1) is 6.61 Å². The van der Waals surface area contributed by atoms with Crippen molar-refractivity contribution in [3.05, 3.63) is 65.4 Å². The van der Waals surface area contributed by atoms with E-state index in [1.165, 1.54) is 11.8 Å². The second kappa shape index (κ2) is 8.29. The van der Waals surface area contributed by atoms with Crippen molar-refractivity contribution in [1.82, 2.24) is 0 Å². The van der Waals surface area contributed by atoms with Crippen molar-refractivity contribution in [2.24, 2.45) is 0 Å². The minimum Gasteiger partial charge on any atom is -0.460 e. The Morgan fingerprint density at radius 2 is 1.95 bits per heavy atom. The summed E-state index contributed by atoms with van der Waals surface area (Å²) in [6.07, 6.45) is 9.54. The minimum atomic E-state index is -0.436. The van der Waals surface area contributed by atoms with Crippen LogP contribution in [0.1, 0.15) is 28.6 Å². The average molecular weight is 314 g/mol. The van der Waals surface area contributed by atoms with Crippen LogP contribution in [0.2, 0.25) is 0 Å². The standard InChI is InChI=1S/C18H18O3S/c1-3-20-18(19)17-15(13-16(21-17)22-2)12-8-7-11-14-9-5-4-6-10-14/h4-13H,3H2,1-2H3. The van der Waals surface area contributed by atoms with Gasteiger partial charge in [-0.25, -0.2) is 4.79 Å². The number of furan rings is 1. The lowest BCUT2D eigenvalue weighted by atomic mass is 10.2. The Morgan fingerprint density at radius 3 is 2.64 bits per heavy atom. The van der Waals surface area contributed by atoms with E-state index in [-0.39, 0.29) is 5.76 Å². The number of esters is 1. The summed E-state index contributed by atoms with van der Waals surface area (Å²) in [6.45, 7) is 2.10. The molecule has 0 radical (unpaired) electrons. The summed E-state index contributed by atoms with van der Waals surface area (Å²) in [4.78, 5) is 11.9. The Bertz CT molecular complexity index is 669. The molecule has 0 unspecified atom stereocenters. The van der Waals surface area contributed by atoms with Crippen LogP contribution in [0.5, 0.6) is 0 Å². The highest BCUT2D eigenvalue weighted by Crippen LogP contribution is 2.25. The molecule has 2 rings (SSSR count). The number of benzene rings is 1. The first kappa shape index (κ1) is 16.2. The molecule has 3 nitrogen and oxygen atoms in total. The zero-order chi connectivity index (χ0) is 15.8. The van der Waals surface area contributed by atoms with E-state index in [0.29, 0.717) is 11.7 Å². The summed E-state index contributed by atoms with van der Waals surface area (Å²) in [7, 11) is 0. The van der Waals surface area contributed by atoms with Crippen molar-refractivity contribution in [2.45, 2.75) is 12.0 Å². The third kappa shape index (κ3) is 4.40. The Morgan fingerprint density at radius 1 is 1.23 bits per heavy atom. The Hall–Kier alpha value is -2.20. The molecule has 0 aliphatic rings. The molecule has 0 amide bonds. The highest BCUT2D eigenvalue weighted by atomic mass is 32.2. The molecular formula is C18H18O3S. The van der Waals surface area contributed by atoms with Crippen molar-refractivity contribution in [1.29, 1.82) is 0 Å². The van der Waals surface area contributed by atoms with Gasteiger partial charge in [-0.2, -0.15) is 0 Å². The van der Waals surface area contributed by atoms with Gasteiger partial charge < -0.3 is 9.15 Å². The van der Waals surface area contributed by atoms with E-state index < -0.39 is 5.97 Å². The molecule has 0 spiro atoms. The van der Waals surface area contributed by atoms with Gasteiger partial charge in [-0.1, -0.05) is 66.4 Å². The highest BCUT2D eigenvalue weighted by Gasteiger charge is 2.17. The number of ether oxygens (including phenoxy) is 1. The largest absolute Gasteiger partial charge is 0.460 e. The lowest BCUT2D eigenvalue weighted by Gasteiger charge is -1.98. The molecule has 22 heavy (non-hydrogen) atoms. The SMILES string of the molecule is CCOC(=O)c1oc(SC)cc1C=CC=Cc1ccccc1. The minimum absolute atomic E-state index is 0.246. The van der Waals surface area contributed by atoms with E-state index in [1.54, 1.807) is 6.92 Å². The zero-order valence-electron chi connectivity index (χ0n) is 12.6. The summed E-state index contributed by atoms with van der Waals surface area (Å²) in [6, 6.07) is 11.8. The van der Waals surface area contributed by atoms with E-state index in [9.17, 15) is 4.79 Å². The molecule has 1 heterocycles. The van der Waals surface area contributed by atoms with Crippen LogP contribution < -0.4 is 0 Å². The second-order valence-corrected chi connectivity index (χ2v) is 5.21. The fourth-order valence-corrected chi connectivity index (χ4v) is 2.26. The lowest BCUT2D eigenvalue weighted by Crippen LogP contribution is -2.04. The third-order valence-electron chi connectivity index (χ3n) is 2.88. The van der Waals surface area contributed by atoms with E-state index in [0.717, 1.165) is 11.1 Å². The molecule has 0 fully saturated rings. The van der Waals surface area contributed by atoms with Crippen molar-refractivity contribution in [3.8, 4) is 0 Å². The molecule has 0 bridgehead atoms. The van der Waals surface area contributed by atoms with Crippen molar-refractivity contribution >= 4 is 29.9 Å². The normalized spacial score (nSPS) is 11.4. The average Bonchev–Trinajstić information content (AvgIpc) is 2.96. The van der Waals surface area contributed by atoms with Crippen molar-refractivity contribution < 1.29 is 13.9 Å². The maximum absolute atomic E-state index is 11.9. The van der Waals surface area contributed by atoms with Crippen LogP contribution in [0.15, 0.2) is 58.1 Å². The molecule has 2 aromatic rings. The Kier molecular flexibility index (Phi) is 6.10. The summed E-state index contributed by atoms with van der Waals surface area (Å²) >= 11 is 1.45. The molecule has 114 valence electrons. The van der Waals surface area contributed by atoms with Crippen molar-refractivity contribution in [2.75, 3.05) is 12.9 Å². The molecule has 0 aliphatic heterocycles. The Labute approximate surface area is 134 Å². The molecule has 1 aromatic heterocycles. The van der Waals surface area contributed by atoms with Gasteiger partial charge in [0.25, 0.3) is 0 Å². The lowest BCUT2D eigenvalue weighted by molar-refractivity contribution is 0.0484. The number of carbonyl (C=O) groups is 1. The van der Waals surface area contributed by atoms with Crippen LogP contribution in [-0.2, 0) is 4.74 Å². The number of thioether (sulfide) groups is 1.